The van der Waals surface area contributed by atoms with Gasteiger partial charge in [0.15, 0.2) is 11.6 Å². The van der Waals surface area contributed by atoms with Crippen molar-refractivity contribution >= 4 is 0 Å². The van der Waals surface area contributed by atoms with Crippen LogP contribution < -0.4 is 0 Å². The molecule has 0 bridgehead atoms. The van der Waals surface area contributed by atoms with Gasteiger partial charge in [-0.25, -0.2) is 4.68 Å². The summed E-state index contributed by atoms with van der Waals surface area (Å²) in [7, 11) is 0. The molecule has 1 aliphatic heterocycles. The fraction of sp³-hybridized carbons (Fsp3) is 0.786. The van der Waals surface area contributed by atoms with Gasteiger partial charge in [-0.3, -0.25) is 4.90 Å². The SMILES string of the molecule is CCCn1nnnc1CN1CCC[C@@H]1c1noc(C2CC2)n1. The standard InChI is InChI=1S/C14H21N7O/c1-2-7-21-12(16-18-19-21)9-20-8-3-4-11(20)13-15-14(22-17-13)10-5-6-10/h10-11H,2-9H2,1H3/t11-/m1/s1. The number of tetrazole rings is 1. The molecule has 0 unspecified atom stereocenters. The van der Waals surface area contributed by atoms with Gasteiger partial charge in [-0.15, -0.1) is 5.10 Å². The van der Waals surface area contributed by atoms with Crippen LogP contribution in [-0.2, 0) is 13.1 Å². The first kappa shape index (κ1) is 13.8. The van der Waals surface area contributed by atoms with E-state index in [0.29, 0.717) is 5.92 Å². The lowest BCUT2D eigenvalue weighted by Gasteiger charge is -2.20. The number of aryl methyl sites for hydroxylation is 1. The topological polar surface area (TPSA) is 85.8 Å². The summed E-state index contributed by atoms with van der Waals surface area (Å²) in [5, 5.41) is 16.2. The molecule has 0 N–H and O–H groups in total. The third-order valence-corrected chi connectivity index (χ3v) is 4.43. The molecule has 2 aliphatic rings. The highest BCUT2D eigenvalue weighted by Gasteiger charge is 2.34. The lowest BCUT2D eigenvalue weighted by atomic mass is 10.2. The minimum absolute atomic E-state index is 0.225. The summed E-state index contributed by atoms with van der Waals surface area (Å²) in [6.45, 7) is 4.75. The van der Waals surface area contributed by atoms with Crippen LogP contribution in [-0.4, -0.2) is 41.8 Å². The number of aromatic nitrogens is 6. The molecule has 2 aromatic heterocycles. The zero-order valence-corrected chi connectivity index (χ0v) is 12.9. The number of likely N-dealkylation sites (tertiary alicyclic amines) is 1. The normalized spacial score (nSPS) is 22.5. The van der Waals surface area contributed by atoms with Gasteiger partial charge in [0.05, 0.1) is 12.6 Å². The zero-order chi connectivity index (χ0) is 14.9. The largest absolute Gasteiger partial charge is 0.339 e. The molecule has 3 heterocycles. The van der Waals surface area contributed by atoms with Gasteiger partial charge in [-0.1, -0.05) is 12.1 Å². The monoisotopic (exact) mass is 303 g/mol. The Bertz CT molecular complexity index is 633. The quantitative estimate of drug-likeness (QED) is 0.802. The predicted octanol–water partition coefficient (Wildman–Crippen LogP) is 1.68. The average Bonchev–Trinajstić information content (AvgIpc) is 2.92. The van der Waals surface area contributed by atoms with Crippen LogP contribution >= 0.6 is 0 Å². The van der Waals surface area contributed by atoms with E-state index >= 15 is 0 Å². The Morgan fingerprint density at radius 2 is 2.18 bits per heavy atom. The van der Waals surface area contributed by atoms with Crippen molar-refractivity contribution in [1.29, 1.82) is 0 Å². The first-order chi connectivity index (χ1) is 10.8. The van der Waals surface area contributed by atoms with E-state index in [-0.39, 0.29) is 6.04 Å². The lowest BCUT2D eigenvalue weighted by molar-refractivity contribution is 0.224. The molecule has 1 aliphatic carbocycles. The number of rotatable bonds is 6. The number of nitrogens with zero attached hydrogens (tertiary/aromatic N) is 7. The molecule has 2 aromatic rings. The minimum Gasteiger partial charge on any atom is -0.339 e. The zero-order valence-electron chi connectivity index (χ0n) is 12.9. The van der Waals surface area contributed by atoms with Gasteiger partial charge in [0, 0.05) is 12.5 Å². The maximum absolute atomic E-state index is 5.41. The van der Waals surface area contributed by atoms with Crippen LogP contribution in [0.4, 0.5) is 0 Å². The molecule has 2 fully saturated rings. The predicted molar refractivity (Wildman–Crippen MR) is 76.8 cm³/mol. The second-order valence-electron chi connectivity index (χ2n) is 6.21. The Labute approximate surface area is 128 Å². The highest BCUT2D eigenvalue weighted by Crippen LogP contribution is 2.40. The summed E-state index contributed by atoms with van der Waals surface area (Å²) < 4.78 is 7.30. The van der Waals surface area contributed by atoms with Crippen molar-refractivity contribution in [2.45, 2.75) is 64.1 Å². The second kappa shape index (κ2) is 5.75. The van der Waals surface area contributed by atoms with Crippen molar-refractivity contribution in [2.75, 3.05) is 6.54 Å². The average molecular weight is 303 g/mol. The molecule has 0 radical (unpaired) electrons. The van der Waals surface area contributed by atoms with Crippen LogP contribution in [0, 0.1) is 0 Å². The van der Waals surface area contributed by atoms with Gasteiger partial charge in [-0.2, -0.15) is 4.98 Å². The van der Waals surface area contributed by atoms with E-state index in [4.69, 9.17) is 4.52 Å². The van der Waals surface area contributed by atoms with Gasteiger partial charge in [0.1, 0.15) is 0 Å². The van der Waals surface area contributed by atoms with E-state index in [0.717, 1.165) is 56.4 Å². The Balaban J connectivity index is 1.49. The number of hydrogen-bond acceptors (Lipinski definition) is 7. The van der Waals surface area contributed by atoms with Gasteiger partial charge in [0.25, 0.3) is 0 Å². The Morgan fingerprint density at radius 3 is 3.00 bits per heavy atom. The Hall–Kier alpha value is -1.83. The minimum atomic E-state index is 0.225. The maximum Gasteiger partial charge on any atom is 0.229 e. The van der Waals surface area contributed by atoms with Gasteiger partial charge >= 0.3 is 0 Å². The molecule has 22 heavy (non-hydrogen) atoms. The summed E-state index contributed by atoms with van der Waals surface area (Å²) in [6, 6.07) is 0.225. The van der Waals surface area contributed by atoms with E-state index in [1.54, 1.807) is 0 Å². The van der Waals surface area contributed by atoms with Gasteiger partial charge in [0.2, 0.25) is 5.89 Å². The molecule has 0 amide bonds. The first-order valence-corrected chi connectivity index (χ1v) is 8.17. The molecular formula is C14H21N7O. The van der Waals surface area contributed by atoms with Crippen molar-refractivity contribution in [3.8, 4) is 0 Å². The molecule has 4 rings (SSSR count). The van der Waals surface area contributed by atoms with Crippen LogP contribution in [0.5, 0.6) is 0 Å². The molecule has 1 atom stereocenters. The van der Waals surface area contributed by atoms with Crippen molar-refractivity contribution in [2.24, 2.45) is 0 Å². The maximum atomic E-state index is 5.41. The molecule has 1 saturated heterocycles. The van der Waals surface area contributed by atoms with Crippen LogP contribution in [0.3, 0.4) is 0 Å². The Morgan fingerprint density at radius 1 is 1.27 bits per heavy atom. The first-order valence-electron chi connectivity index (χ1n) is 8.17. The molecular weight excluding hydrogens is 282 g/mol. The van der Waals surface area contributed by atoms with Crippen LogP contribution in [0.1, 0.15) is 68.5 Å². The molecule has 8 heteroatoms. The fourth-order valence-electron chi connectivity index (χ4n) is 3.09. The fourth-order valence-corrected chi connectivity index (χ4v) is 3.09. The van der Waals surface area contributed by atoms with Crippen molar-refractivity contribution in [3.63, 3.8) is 0 Å². The van der Waals surface area contributed by atoms with Crippen LogP contribution in [0.2, 0.25) is 0 Å². The summed E-state index contributed by atoms with van der Waals surface area (Å²) in [5.74, 6) is 3.07. The van der Waals surface area contributed by atoms with E-state index < -0.39 is 0 Å². The van der Waals surface area contributed by atoms with E-state index in [1.165, 1.54) is 12.8 Å². The summed E-state index contributed by atoms with van der Waals surface area (Å²) in [6.07, 6.45) is 5.60. The van der Waals surface area contributed by atoms with Crippen molar-refractivity contribution in [1.82, 2.24) is 35.2 Å². The smallest absolute Gasteiger partial charge is 0.229 e. The molecule has 0 spiro atoms. The molecule has 118 valence electrons. The summed E-state index contributed by atoms with van der Waals surface area (Å²) >= 11 is 0. The highest BCUT2D eigenvalue weighted by atomic mass is 16.5. The van der Waals surface area contributed by atoms with Gasteiger partial charge < -0.3 is 4.52 Å². The van der Waals surface area contributed by atoms with Gasteiger partial charge in [-0.05, 0) is 49.1 Å². The van der Waals surface area contributed by atoms with Crippen molar-refractivity contribution in [3.05, 3.63) is 17.5 Å². The van der Waals surface area contributed by atoms with E-state index in [9.17, 15) is 0 Å². The summed E-state index contributed by atoms with van der Waals surface area (Å²) in [5.41, 5.74) is 0. The van der Waals surface area contributed by atoms with Crippen molar-refractivity contribution < 1.29 is 4.52 Å². The second-order valence-corrected chi connectivity index (χ2v) is 6.21. The van der Waals surface area contributed by atoms with Crippen LogP contribution in [0.15, 0.2) is 4.52 Å². The molecule has 1 saturated carbocycles. The third-order valence-electron chi connectivity index (χ3n) is 4.43. The third kappa shape index (κ3) is 2.63. The highest BCUT2D eigenvalue weighted by molar-refractivity contribution is 5.05. The van der Waals surface area contributed by atoms with E-state index in [1.807, 2.05) is 4.68 Å². The van der Waals surface area contributed by atoms with Crippen LogP contribution in [0.25, 0.3) is 0 Å². The van der Waals surface area contributed by atoms with E-state index in [2.05, 4.69) is 37.5 Å². The Kier molecular flexibility index (Phi) is 3.61. The molecule has 0 aromatic carbocycles. The number of hydrogen-bond donors (Lipinski definition) is 0. The summed E-state index contributed by atoms with van der Waals surface area (Å²) in [4.78, 5) is 6.98. The lowest BCUT2D eigenvalue weighted by Crippen LogP contribution is -2.25. The molecule has 8 nitrogen and oxygen atoms in total.